The Morgan fingerprint density at radius 1 is 0.962 bits per heavy atom. The summed E-state index contributed by atoms with van der Waals surface area (Å²) in [4.78, 5) is 61.3. The summed E-state index contributed by atoms with van der Waals surface area (Å²) < 4.78 is 64.8. The first-order valence-electron chi connectivity index (χ1n) is 15.4. The normalized spacial score (nSPS) is 12.5. The highest BCUT2D eigenvalue weighted by molar-refractivity contribution is 5.97. The lowest BCUT2D eigenvalue weighted by Crippen LogP contribution is -2.39. The topological polar surface area (TPSA) is 256 Å². The second-order valence-electron chi connectivity index (χ2n) is 11.6. The first kappa shape index (κ1) is 43.0. The summed E-state index contributed by atoms with van der Waals surface area (Å²) in [5.41, 5.74) is 14.2. The molecule has 1 heterocycles. The number of rotatable bonds is 10. The molecule has 1 saturated carbocycles. The summed E-state index contributed by atoms with van der Waals surface area (Å²) >= 11 is 0. The van der Waals surface area contributed by atoms with Gasteiger partial charge in [0.15, 0.2) is 5.82 Å². The average molecular weight is 759 g/mol. The van der Waals surface area contributed by atoms with Crippen molar-refractivity contribution in [3.63, 3.8) is 0 Å². The number of aromatic nitrogens is 2. The average Bonchev–Trinajstić information content (AvgIpc) is 3.03. The molecular weight excluding hydrogens is 722 g/mol. The van der Waals surface area contributed by atoms with Crippen molar-refractivity contribution in [3.8, 4) is 11.3 Å². The van der Waals surface area contributed by atoms with E-state index in [1.54, 1.807) is 42.5 Å². The number of hydrogen-bond donors (Lipinski definition) is 8. The van der Waals surface area contributed by atoms with Gasteiger partial charge in [-0.1, -0.05) is 24.3 Å². The molecule has 0 bridgehead atoms. The number of carboxylic acids is 2. The standard InChI is InChI=1S/C28H34N8O3.2C2HF3O2/c1-16(2)34-26-28(39)36(15-24(37)32-13-17-6-8-18(9-7-17)25(30)31)23(14-33-26)19-10-20(12-21(29)11-19)27(38)35-22-4-3-5-22;2*3-2(4,5)1(6)7/h6-12,14,16,22H,3-5,13,15,29H2,1-2H3,(H3,30,31)(H,32,37)(H,33,34)(H,35,38);2*(H,6,7). The van der Waals surface area contributed by atoms with Crippen LogP contribution in [0.5, 0.6) is 0 Å². The third kappa shape index (κ3) is 13.8. The van der Waals surface area contributed by atoms with Crippen LogP contribution in [0, 0.1) is 5.41 Å². The first-order chi connectivity index (χ1) is 24.5. The maximum atomic E-state index is 13.4. The van der Waals surface area contributed by atoms with Gasteiger partial charge in [0.2, 0.25) is 5.91 Å². The van der Waals surface area contributed by atoms with Crippen molar-refractivity contribution in [1.82, 2.24) is 20.2 Å². The lowest BCUT2D eigenvalue weighted by atomic mass is 9.93. The summed E-state index contributed by atoms with van der Waals surface area (Å²) in [6, 6.07) is 12.0. The Bertz CT molecular complexity index is 1830. The van der Waals surface area contributed by atoms with Crippen LogP contribution in [0.25, 0.3) is 11.3 Å². The van der Waals surface area contributed by atoms with Gasteiger partial charge in [-0.2, -0.15) is 26.3 Å². The lowest BCUT2D eigenvalue weighted by Gasteiger charge is -2.26. The molecule has 21 heteroatoms. The Morgan fingerprint density at radius 2 is 1.51 bits per heavy atom. The fourth-order valence-corrected chi connectivity index (χ4v) is 4.20. The van der Waals surface area contributed by atoms with Crippen LogP contribution in [-0.4, -0.2) is 73.8 Å². The zero-order valence-corrected chi connectivity index (χ0v) is 28.1. The molecule has 0 atom stereocenters. The van der Waals surface area contributed by atoms with Crippen LogP contribution in [-0.2, 0) is 27.5 Å². The van der Waals surface area contributed by atoms with E-state index in [2.05, 4.69) is 20.9 Å². The Morgan fingerprint density at radius 3 is 1.96 bits per heavy atom. The number of hydrogen-bond acceptors (Lipinski definition) is 9. The molecule has 1 aliphatic carbocycles. The van der Waals surface area contributed by atoms with Gasteiger partial charge in [-0.15, -0.1) is 0 Å². The molecule has 15 nitrogen and oxygen atoms in total. The highest BCUT2D eigenvalue weighted by atomic mass is 19.4. The first-order valence-corrected chi connectivity index (χ1v) is 15.4. The number of benzene rings is 2. The number of carbonyl (C=O) groups excluding carboxylic acids is 2. The van der Waals surface area contributed by atoms with Crippen LogP contribution in [0.15, 0.2) is 53.5 Å². The zero-order valence-electron chi connectivity index (χ0n) is 28.1. The Kier molecular flexibility index (Phi) is 14.9. The summed E-state index contributed by atoms with van der Waals surface area (Å²) in [5.74, 6) is -6.05. The Labute approximate surface area is 296 Å². The van der Waals surface area contributed by atoms with Gasteiger partial charge in [-0.25, -0.2) is 14.6 Å². The number of nitrogens with one attached hydrogen (secondary N) is 4. The number of aliphatic carboxylic acids is 2. The fraction of sp³-hybridized carbons (Fsp3) is 0.344. The maximum Gasteiger partial charge on any atom is 0.490 e. The van der Waals surface area contributed by atoms with Crippen molar-refractivity contribution < 1.29 is 55.7 Å². The number of carboxylic acid groups (broad SMARTS) is 2. The highest BCUT2D eigenvalue weighted by Gasteiger charge is 2.39. The van der Waals surface area contributed by atoms with E-state index in [1.807, 2.05) is 13.8 Å². The predicted molar refractivity (Wildman–Crippen MR) is 179 cm³/mol. The third-order valence-electron chi connectivity index (χ3n) is 6.97. The summed E-state index contributed by atoms with van der Waals surface area (Å²) in [5, 5.41) is 30.6. The van der Waals surface area contributed by atoms with E-state index in [4.69, 9.17) is 36.7 Å². The number of nitrogen functional groups attached to an aromatic ring is 2. The molecule has 0 unspecified atom stereocenters. The minimum atomic E-state index is -5.08. The van der Waals surface area contributed by atoms with Crippen LogP contribution in [0.2, 0.25) is 0 Å². The van der Waals surface area contributed by atoms with Crippen LogP contribution < -0.4 is 33.0 Å². The molecule has 0 aliphatic heterocycles. The molecule has 3 aromatic rings. The number of halogens is 6. The van der Waals surface area contributed by atoms with E-state index in [0.717, 1.165) is 24.8 Å². The highest BCUT2D eigenvalue weighted by Crippen LogP contribution is 2.25. The summed E-state index contributed by atoms with van der Waals surface area (Å²) in [6.07, 6.45) is -5.68. The number of amides is 2. The molecule has 0 saturated heterocycles. The van der Waals surface area contributed by atoms with Crippen molar-refractivity contribution >= 4 is 41.1 Å². The van der Waals surface area contributed by atoms with E-state index in [9.17, 15) is 40.7 Å². The molecular formula is C32H36F6N8O7. The molecule has 1 aromatic heterocycles. The Balaban J connectivity index is 0.000000587. The van der Waals surface area contributed by atoms with Crippen molar-refractivity contribution in [1.29, 1.82) is 5.41 Å². The number of amidine groups is 1. The third-order valence-corrected chi connectivity index (χ3v) is 6.97. The van der Waals surface area contributed by atoms with E-state index in [0.29, 0.717) is 28.1 Å². The minimum absolute atomic E-state index is 0.0359. The van der Waals surface area contributed by atoms with Crippen molar-refractivity contribution in [2.75, 3.05) is 11.1 Å². The molecule has 2 amide bonds. The number of carbonyl (C=O) groups is 4. The van der Waals surface area contributed by atoms with Crippen LogP contribution >= 0.6 is 0 Å². The number of anilines is 2. The van der Waals surface area contributed by atoms with Gasteiger partial charge in [0.25, 0.3) is 11.5 Å². The second kappa shape index (κ2) is 18.4. The molecule has 4 rings (SSSR count). The maximum absolute atomic E-state index is 13.4. The van der Waals surface area contributed by atoms with Gasteiger partial charge in [0.1, 0.15) is 12.4 Å². The quantitative estimate of drug-likeness (QED) is 0.0643. The SMILES string of the molecule is CC(C)Nc1ncc(-c2cc(N)cc(C(=O)NC3CCC3)c2)n(CC(=O)NCc2ccc(C(=N)N)cc2)c1=O.O=C(O)C(F)(F)F.O=C(O)C(F)(F)F. The molecule has 53 heavy (non-hydrogen) atoms. The van der Waals surface area contributed by atoms with Gasteiger partial charge in [0, 0.05) is 41.0 Å². The molecule has 1 fully saturated rings. The molecule has 0 radical (unpaired) electrons. The molecule has 2 aromatic carbocycles. The number of nitrogens with zero attached hydrogens (tertiary/aromatic N) is 2. The van der Waals surface area contributed by atoms with Crippen LogP contribution in [0.3, 0.4) is 0 Å². The Hall–Kier alpha value is -6.15. The van der Waals surface area contributed by atoms with Gasteiger partial charge in [-0.3, -0.25) is 24.4 Å². The van der Waals surface area contributed by atoms with Crippen molar-refractivity contribution in [2.24, 2.45) is 5.73 Å². The van der Waals surface area contributed by atoms with Gasteiger partial charge in [-0.05, 0) is 56.9 Å². The smallest absolute Gasteiger partial charge is 0.475 e. The van der Waals surface area contributed by atoms with E-state index in [-0.39, 0.29) is 48.6 Å². The van der Waals surface area contributed by atoms with E-state index in [1.165, 1.54) is 10.8 Å². The molecule has 0 spiro atoms. The largest absolute Gasteiger partial charge is 0.490 e. The van der Waals surface area contributed by atoms with Crippen molar-refractivity contribution in [2.45, 2.75) is 70.6 Å². The predicted octanol–water partition coefficient (Wildman–Crippen LogP) is 3.46. The number of alkyl halides is 6. The lowest BCUT2D eigenvalue weighted by molar-refractivity contribution is -0.193. The van der Waals surface area contributed by atoms with Crippen molar-refractivity contribution in [3.05, 3.63) is 75.7 Å². The number of nitrogens with two attached hydrogens (primary N) is 2. The summed E-state index contributed by atoms with van der Waals surface area (Å²) in [7, 11) is 0. The van der Waals surface area contributed by atoms with Gasteiger partial charge < -0.3 is 37.6 Å². The zero-order chi connectivity index (χ0) is 40.3. The molecule has 10 N–H and O–H groups in total. The van der Waals surface area contributed by atoms with E-state index < -0.39 is 29.9 Å². The van der Waals surface area contributed by atoms with E-state index >= 15 is 0 Å². The monoisotopic (exact) mass is 758 g/mol. The fourth-order valence-electron chi connectivity index (χ4n) is 4.20. The van der Waals surface area contributed by atoms with Gasteiger partial charge in [0.05, 0.1) is 11.9 Å². The molecule has 1 aliphatic rings. The minimum Gasteiger partial charge on any atom is -0.475 e. The van der Waals surface area contributed by atoms with Crippen LogP contribution in [0.4, 0.5) is 37.8 Å². The second-order valence-corrected chi connectivity index (χ2v) is 11.6. The summed E-state index contributed by atoms with van der Waals surface area (Å²) in [6.45, 7) is 3.73. The van der Waals surface area contributed by atoms with Crippen LogP contribution in [0.1, 0.15) is 54.6 Å². The van der Waals surface area contributed by atoms with Gasteiger partial charge >= 0.3 is 24.3 Å². The molecule has 288 valence electrons.